The standard InChI is InChI=1S/C19H14N6O5S2/c1-10-2-8-13(9-3-10)32(29,30)24-18-15(22-19(24)31)14(16(20)26)21-17(23-18)11-4-6-12(7-5-11)25(27)28/h2-9H,1H3,(H2,20,26)(H,22,31). The predicted molar refractivity (Wildman–Crippen MR) is 117 cm³/mol. The predicted octanol–water partition coefficient (Wildman–Crippen LogP) is 2.71. The summed E-state index contributed by atoms with van der Waals surface area (Å²) >= 11 is 5.21. The van der Waals surface area contributed by atoms with E-state index in [4.69, 9.17) is 18.0 Å². The number of nitrogens with two attached hydrogens (primary N) is 1. The third-order valence-corrected chi connectivity index (χ3v) is 6.73. The van der Waals surface area contributed by atoms with Crippen molar-refractivity contribution in [1.82, 2.24) is 18.9 Å². The Kier molecular flexibility index (Phi) is 5.06. The van der Waals surface area contributed by atoms with E-state index >= 15 is 0 Å². The summed E-state index contributed by atoms with van der Waals surface area (Å²) in [6, 6.07) is 11.4. The highest BCUT2D eigenvalue weighted by atomic mass is 32.2. The van der Waals surface area contributed by atoms with E-state index in [1.165, 1.54) is 36.4 Å². The minimum absolute atomic E-state index is 0.0313. The lowest BCUT2D eigenvalue weighted by Gasteiger charge is -2.08. The number of aryl methyl sites for hydroxylation is 1. The Morgan fingerprint density at radius 3 is 2.31 bits per heavy atom. The molecule has 3 N–H and O–H groups in total. The van der Waals surface area contributed by atoms with Crippen LogP contribution in [0.4, 0.5) is 5.69 Å². The molecule has 2 aromatic heterocycles. The minimum atomic E-state index is -4.18. The number of rotatable bonds is 5. The van der Waals surface area contributed by atoms with Crippen LogP contribution in [0.25, 0.3) is 22.6 Å². The average molecular weight is 470 g/mol. The van der Waals surface area contributed by atoms with Gasteiger partial charge in [-0.3, -0.25) is 14.9 Å². The van der Waals surface area contributed by atoms with Crippen molar-refractivity contribution in [3.05, 3.63) is 74.7 Å². The van der Waals surface area contributed by atoms with Crippen molar-refractivity contribution in [3.8, 4) is 11.4 Å². The molecule has 4 aromatic rings. The molecule has 0 fully saturated rings. The Morgan fingerprint density at radius 2 is 1.75 bits per heavy atom. The number of nitrogens with one attached hydrogen (secondary N) is 1. The number of hydrogen-bond acceptors (Lipinski definition) is 8. The van der Waals surface area contributed by atoms with Crippen molar-refractivity contribution in [2.24, 2.45) is 5.73 Å². The molecule has 4 rings (SSSR count). The zero-order valence-electron chi connectivity index (χ0n) is 16.3. The van der Waals surface area contributed by atoms with Gasteiger partial charge in [0.25, 0.3) is 21.6 Å². The summed E-state index contributed by atoms with van der Waals surface area (Å²) in [5.41, 5.74) is 5.99. The average Bonchev–Trinajstić information content (AvgIpc) is 3.09. The van der Waals surface area contributed by atoms with E-state index in [9.17, 15) is 23.3 Å². The molecule has 0 bridgehead atoms. The zero-order valence-corrected chi connectivity index (χ0v) is 18.0. The van der Waals surface area contributed by atoms with Crippen LogP contribution in [0, 0.1) is 21.8 Å². The van der Waals surface area contributed by atoms with Gasteiger partial charge < -0.3 is 10.7 Å². The van der Waals surface area contributed by atoms with Gasteiger partial charge in [0, 0.05) is 17.7 Å². The molecule has 0 aliphatic rings. The molecular weight excluding hydrogens is 456 g/mol. The SMILES string of the molecule is Cc1ccc(S(=O)(=O)n2c(=S)[nH]c3c(C(N)=O)nc(-c4ccc([N+](=O)[O-])cc4)nc32)cc1. The maximum Gasteiger partial charge on any atom is 0.271 e. The number of carbonyl (C=O) groups is 1. The summed E-state index contributed by atoms with van der Waals surface area (Å²) in [5, 5.41) is 10.9. The van der Waals surface area contributed by atoms with Gasteiger partial charge in [-0.15, -0.1) is 0 Å². The number of aromatic amines is 1. The second-order valence-electron chi connectivity index (χ2n) is 6.78. The van der Waals surface area contributed by atoms with Crippen LogP contribution in [0.5, 0.6) is 0 Å². The monoisotopic (exact) mass is 470 g/mol. The molecule has 2 aromatic carbocycles. The van der Waals surface area contributed by atoms with E-state index in [-0.39, 0.29) is 38.0 Å². The lowest BCUT2D eigenvalue weighted by atomic mass is 10.2. The molecule has 32 heavy (non-hydrogen) atoms. The van der Waals surface area contributed by atoms with E-state index in [1.54, 1.807) is 12.1 Å². The highest BCUT2D eigenvalue weighted by molar-refractivity contribution is 7.90. The van der Waals surface area contributed by atoms with Crippen LogP contribution in [-0.4, -0.2) is 38.2 Å². The summed E-state index contributed by atoms with van der Waals surface area (Å²) in [5.74, 6) is -0.986. The van der Waals surface area contributed by atoms with Gasteiger partial charge in [0.1, 0.15) is 5.52 Å². The van der Waals surface area contributed by atoms with Gasteiger partial charge in [0.05, 0.1) is 9.82 Å². The number of hydrogen-bond donors (Lipinski definition) is 2. The van der Waals surface area contributed by atoms with E-state index in [1.807, 2.05) is 6.92 Å². The molecule has 0 saturated heterocycles. The summed E-state index contributed by atoms with van der Waals surface area (Å²) in [6.45, 7) is 1.82. The number of imidazole rings is 1. The maximum atomic E-state index is 13.3. The largest absolute Gasteiger partial charge is 0.364 e. The molecule has 0 atom stereocenters. The number of carbonyl (C=O) groups excluding carboxylic acids is 1. The minimum Gasteiger partial charge on any atom is -0.364 e. The van der Waals surface area contributed by atoms with Crippen molar-refractivity contribution < 1.29 is 18.1 Å². The quantitative estimate of drug-likeness (QED) is 0.255. The summed E-state index contributed by atoms with van der Waals surface area (Å²) < 4.78 is 27.2. The van der Waals surface area contributed by atoms with E-state index < -0.39 is 20.9 Å². The number of benzene rings is 2. The summed E-state index contributed by atoms with van der Waals surface area (Å²) in [4.78, 5) is 33.4. The third-order valence-electron chi connectivity index (χ3n) is 4.63. The fourth-order valence-corrected chi connectivity index (χ4v) is 4.84. The molecule has 1 amide bonds. The Hall–Kier alpha value is -3.97. The van der Waals surface area contributed by atoms with Gasteiger partial charge in [0.2, 0.25) is 0 Å². The first-order chi connectivity index (χ1) is 15.1. The molecule has 0 unspecified atom stereocenters. The molecule has 0 radical (unpaired) electrons. The first kappa shape index (κ1) is 21.3. The van der Waals surface area contributed by atoms with Crippen LogP contribution in [0.1, 0.15) is 16.1 Å². The number of fused-ring (bicyclic) bond motifs is 1. The third kappa shape index (κ3) is 3.52. The number of non-ortho nitro benzene ring substituents is 1. The number of amides is 1. The van der Waals surface area contributed by atoms with Crippen LogP contribution in [0.2, 0.25) is 0 Å². The van der Waals surface area contributed by atoms with Crippen LogP contribution >= 0.6 is 12.2 Å². The first-order valence-electron chi connectivity index (χ1n) is 8.99. The maximum absolute atomic E-state index is 13.3. The molecule has 11 nitrogen and oxygen atoms in total. The van der Waals surface area contributed by atoms with Gasteiger partial charge in [-0.25, -0.2) is 18.4 Å². The van der Waals surface area contributed by atoms with Crippen LogP contribution in [0.15, 0.2) is 53.4 Å². The lowest BCUT2D eigenvalue weighted by Crippen LogP contribution is -2.17. The van der Waals surface area contributed by atoms with Crippen molar-refractivity contribution in [2.45, 2.75) is 11.8 Å². The number of nitrogens with zero attached hydrogens (tertiary/aromatic N) is 4. The molecule has 0 saturated carbocycles. The van der Waals surface area contributed by atoms with Crippen molar-refractivity contribution >= 4 is 45.0 Å². The fourth-order valence-electron chi connectivity index (χ4n) is 3.04. The summed E-state index contributed by atoms with van der Waals surface area (Å²) in [6.07, 6.45) is 0. The number of primary amides is 1. The molecule has 0 aliphatic heterocycles. The number of aromatic nitrogens is 4. The molecule has 0 spiro atoms. The van der Waals surface area contributed by atoms with Gasteiger partial charge in [-0.1, -0.05) is 17.7 Å². The van der Waals surface area contributed by atoms with Crippen molar-refractivity contribution in [2.75, 3.05) is 0 Å². The summed E-state index contributed by atoms with van der Waals surface area (Å²) in [7, 11) is -4.18. The Bertz CT molecular complexity index is 1560. The van der Waals surface area contributed by atoms with Gasteiger partial charge >= 0.3 is 0 Å². The topological polar surface area (TPSA) is 167 Å². The number of nitro benzene ring substituents is 1. The van der Waals surface area contributed by atoms with E-state index in [2.05, 4.69) is 15.0 Å². The molecule has 2 heterocycles. The van der Waals surface area contributed by atoms with Crippen molar-refractivity contribution in [3.63, 3.8) is 0 Å². The second-order valence-corrected chi connectivity index (χ2v) is 8.95. The van der Waals surface area contributed by atoms with Gasteiger partial charge in [0.15, 0.2) is 21.9 Å². The normalized spacial score (nSPS) is 11.5. The molecular formula is C19H14N6O5S2. The van der Waals surface area contributed by atoms with Crippen molar-refractivity contribution in [1.29, 1.82) is 0 Å². The molecule has 162 valence electrons. The number of nitro groups is 1. The Balaban J connectivity index is 2.00. The molecule has 0 aliphatic carbocycles. The number of H-pyrrole nitrogens is 1. The lowest BCUT2D eigenvalue weighted by molar-refractivity contribution is -0.384. The highest BCUT2D eigenvalue weighted by Crippen LogP contribution is 2.26. The highest BCUT2D eigenvalue weighted by Gasteiger charge is 2.26. The van der Waals surface area contributed by atoms with E-state index in [0.29, 0.717) is 5.56 Å². The van der Waals surface area contributed by atoms with E-state index in [0.717, 1.165) is 9.54 Å². The van der Waals surface area contributed by atoms with Gasteiger partial charge in [-0.05, 0) is 43.4 Å². The fraction of sp³-hybridized carbons (Fsp3) is 0.0526. The van der Waals surface area contributed by atoms with Crippen LogP contribution in [-0.2, 0) is 10.0 Å². The Labute approximate surface area is 185 Å². The second kappa shape index (κ2) is 7.62. The smallest absolute Gasteiger partial charge is 0.271 e. The van der Waals surface area contributed by atoms with Gasteiger partial charge in [-0.2, -0.15) is 3.97 Å². The molecule has 13 heteroatoms. The Morgan fingerprint density at radius 1 is 1.12 bits per heavy atom. The first-order valence-corrected chi connectivity index (χ1v) is 10.8. The zero-order chi connectivity index (χ0) is 23.2. The van der Waals surface area contributed by atoms with Crippen LogP contribution in [0.3, 0.4) is 0 Å². The van der Waals surface area contributed by atoms with Crippen LogP contribution < -0.4 is 5.73 Å².